The van der Waals surface area contributed by atoms with Gasteiger partial charge in [0.1, 0.15) is 5.92 Å². The van der Waals surface area contributed by atoms with E-state index in [0.717, 1.165) is 19.5 Å². The Balaban J connectivity index is 0.00000180. The van der Waals surface area contributed by atoms with Crippen molar-refractivity contribution < 1.29 is 31.4 Å². The smallest absolute Gasteiger partial charge is 0.315 e. The van der Waals surface area contributed by atoms with Gasteiger partial charge in [0.25, 0.3) is 0 Å². The van der Waals surface area contributed by atoms with Crippen molar-refractivity contribution in [1.82, 2.24) is 0 Å². The van der Waals surface area contributed by atoms with Gasteiger partial charge >= 0.3 is 5.97 Å². The van der Waals surface area contributed by atoms with Gasteiger partial charge in [-0.2, -0.15) is 0 Å². The minimum atomic E-state index is -0.0367. The first-order valence-corrected chi connectivity index (χ1v) is 6.75. The molecule has 1 aromatic rings. The minimum absolute atomic E-state index is 0. The van der Waals surface area contributed by atoms with Crippen LogP contribution in [0.2, 0.25) is 0 Å². The lowest BCUT2D eigenvalue weighted by Gasteiger charge is -2.33. The summed E-state index contributed by atoms with van der Waals surface area (Å²) in [7, 11) is 2.15. The number of rotatable bonds is 3. The standard InChI is InChI=1S/C15H21NO2.BrH/c1-3-18-15(17)14-11-16(2)10-9-13(14)12-7-5-4-6-8-12;/h4-8,13-14H,3,9-11H2,1-2H3;1H/t13?,14-;/m1./s1. The van der Waals surface area contributed by atoms with E-state index in [-0.39, 0.29) is 28.9 Å². The lowest BCUT2D eigenvalue weighted by Crippen LogP contribution is -3.11. The van der Waals surface area contributed by atoms with E-state index in [4.69, 9.17) is 4.74 Å². The van der Waals surface area contributed by atoms with Crippen molar-refractivity contribution in [2.45, 2.75) is 19.3 Å². The summed E-state index contributed by atoms with van der Waals surface area (Å²) in [5.41, 5.74) is 1.27. The van der Waals surface area contributed by atoms with E-state index < -0.39 is 0 Å². The Bertz CT molecular complexity index is 396. The van der Waals surface area contributed by atoms with Crippen LogP contribution in [0.15, 0.2) is 30.3 Å². The van der Waals surface area contributed by atoms with Crippen molar-refractivity contribution >= 4 is 5.97 Å². The molecule has 3 nitrogen and oxygen atoms in total. The number of carbonyl (C=O) groups excluding carboxylic acids is 1. The van der Waals surface area contributed by atoms with Crippen LogP contribution in [0, 0.1) is 5.92 Å². The van der Waals surface area contributed by atoms with Crippen LogP contribution in [0.5, 0.6) is 0 Å². The summed E-state index contributed by atoms with van der Waals surface area (Å²) in [5.74, 6) is 0.278. The molecule has 2 unspecified atom stereocenters. The Morgan fingerprint density at radius 2 is 2.05 bits per heavy atom. The summed E-state index contributed by atoms with van der Waals surface area (Å²) in [6.45, 7) is 4.33. The fraction of sp³-hybridized carbons (Fsp3) is 0.533. The summed E-state index contributed by atoms with van der Waals surface area (Å²) < 4.78 is 5.23. The minimum Gasteiger partial charge on any atom is -1.00 e. The lowest BCUT2D eigenvalue weighted by atomic mass is 9.80. The molecule has 0 aromatic heterocycles. The molecule has 0 bridgehead atoms. The molecule has 1 saturated heterocycles. The second kappa shape index (κ2) is 7.65. The molecule has 3 atom stereocenters. The van der Waals surface area contributed by atoms with Gasteiger partial charge in [-0.05, 0) is 12.5 Å². The molecule has 1 aromatic carbocycles. The van der Waals surface area contributed by atoms with Gasteiger partial charge in [0.2, 0.25) is 0 Å². The molecule has 106 valence electrons. The molecule has 0 radical (unpaired) electrons. The number of carbonyl (C=O) groups is 1. The number of ether oxygens (including phenoxy) is 1. The highest BCUT2D eigenvalue weighted by molar-refractivity contribution is 5.74. The monoisotopic (exact) mass is 327 g/mol. The molecule has 2 rings (SSSR count). The number of hydrogen-bond acceptors (Lipinski definition) is 2. The van der Waals surface area contributed by atoms with Gasteiger partial charge in [-0.3, -0.25) is 4.79 Å². The number of esters is 1. The predicted octanol–water partition coefficient (Wildman–Crippen LogP) is -2.13. The molecule has 0 aliphatic carbocycles. The van der Waals surface area contributed by atoms with Gasteiger partial charge in [-0.25, -0.2) is 0 Å². The normalized spacial score (nSPS) is 26.3. The molecular weight excluding hydrogens is 306 g/mol. The van der Waals surface area contributed by atoms with E-state index in [0.29, 0.717) is 12.5 Å². The van der Waals surface area contributed by atoms with Crippen molar-refractivity contribution in [2.24, 2.45) is 5.92 Å². The number of piperidine rings is 1. The van der Waals surface area contributed by atoms with Gasteiger partial charge in [0.15, 0.2) is 0 Å². The molecule has 4 heteroatoms. The Morgan fingerprint density at radius 3 is 2.68 bits per heavy atom. The van der Waals surface area contributed by atoms with Crippen molar-refractivity contribution in [3.63, 3.8) is 0 Å². The SMILES string of the molecule is CCOC(=O)[C@@H]1C[NH+](C)CCC1c1ccccc1.[Br-]. The molecular formula is C15H22BrNO2. The molecule has 1 heterocycles. The zero-order valence-corrected chi connectivity index (χ0v) is 13.2. The van der Waals surface area contributed by atoms with Crippen LogP contribution >= 0.6 is 0 Å². The fourth-order valence-electron chi connectivity index (χ4n) is 2.82. The average molecular weight is 328 g/mol. The van der Waals surface area contributed by atoms with Crippen LogP contribution in [0.25, 0.3) is 0 Å². The first-order chi connectivity index (χ1) is 8.72. The summed E-state index contributed by atoms with van der Waals surface area (Å²) >= 11 is 0. The largest absolute Gasteiger partial charge is 1.00 e. The Morgan fingerprint density at radius 1 is 1.37 bits per heavy atom. The van der Waals surface area contributed by atoms with E-state index in [1.54, 1.807) is 0 Å². The second-order valence-corrected chi connectivity index (χ2v) is 5.08. The number of halogens is 1. The zero-order chi connectivity index (χ0) is 13.0. The molecule has 1 fully saturated rings. The van der Waals surface area contributed by atoms with E-state index in [1.807, 2.05) is 25.1 Å². The lowest BCUT2D eigenvalue weighted by molar-refractivity contribution is -0.888. The van der Waals surface area contributed by atoms with Gasteiger partial charge in [0.05, 0.1) is 26.7 Å². The first kappa shape index (κ1) is 16.2. The van der Waals surface area contributed by atoms with E-state index in [1.165, 1.54) is 10.5 Å². The van der Waals surface area contributed by atoms with Gasteiger partial charge < -0.3 is 26.6 Å². The third kappa shape index (κ3) is 4.05. The van der Waals surface area contributed by atoms with Crippen molar-refractivity contribution in [1.29, 1.82) is 0 Å². The van der Waals surface area contributed by atoms with E-state index in [2.05, 4.69) is 19.2 Å². The maximum absolute atomic E-state index is 12.1. The Hall–Kier alpha value is -0.870. The quantitative estimate of drug-likeness (QED) is 0.643. The first-order valence-electron chi connectivity index (χ1n) is 6.75. The molecule has 1 aliphatic heterocycles. The summed E-state index contributed by atoms with van der Waals surface area (Å²) in [6.07, 6.45) is 1.05. The molecule has 0 amide bonds. The molecule has 0 spiro atoms. The fourth-order valence-corrected chi connectivity index (χ4v) is 2.82. The van der Waals surface area contributed by atoms with Crippen LogP contribution in [0.3, 0.4) is 0 Å². The molecule has 1 N–H and O–H groups in total. The highest BCUT2D eigenvalue weighted by atomic mass is 79.9. The predicted molar refractivity (Wildman–Crippen MR) is 70.5 cm³/mol. The topological polar surface area (TPSA) is 30.7 Å². The zero-order valence-electron chi connectivity index (χ0n) is 11.6. The van der Waals surface area contributed by atoms with Gasteiger partial charge in [-0.15, -0.1) is 0 Å². The summed E-state index contributed by atoms with van der Waals surface area (Å²) in [4.78, 5) is 13.5. The van der Waals surface area contributed by atoms with Crippen LogP contribution in [-0.4, -0.2) is 32.7 Å². The Kier molecular flexibility index (Phi) is 6.52. The van der Waals surface area contributed by atoms with Crippen molar-refractivity contribution in [3.8, 4) is 0 Å². The number of benzene rings is 1. The second-order valence-electron chi connectivity index (χ2n) is 5.08. The van der Waals surface area contributed by atoms with Crippen LogP contribution < -0.4 is 21.9 Å². The highest BCUT2D eigenvalue weighted by Crippen LogP contribution is 2.29. The number of likely N-dealkylation sites (tertiary alicyclic amines) is 1. The average Bonchev–Trinajstić information content (AvgIpc) is 2.40. The summed E-state index contributed by atoms with van der Waals surface area (Å²) in [6, 6.07) is 10.4. The van der Waals surface area contributed by atoms with Crippen LogP contribution in [0.4, 0.5) is 0 Å². The van der Waals surface area contributed by atoms with E-state index in [9.17, 15) is 4.79 Å². The molecule has 19 heavy (non-hydrogen) atoms. The third-order valence-corrected chi connectivity index (χ3v) is 3.75. The van der Waals surface area contributed by atoms with Crippen LogP contribution in [-0.2, 0) is 9.53 Å². The van der Waals surface area contributed by atoms with Crippen LogP contribution in [0.1, 0.15) is 24.8 Å². The number of hydrogen-bond donors (Lipinski definition) is 1. The number of quaternary nitrogens is 1. The van der Waals surface area contributed by atoms with Crippen molar-refractivity contribution in [3.05, 3.63) is 35.9 Å². The highest BCUT2D eigenvalue weighted by Gasteiger charge is 2.37. The third-order valence-electron chi connectivity index (χ3n) is 3.75. The molecule has 0 saturated carbocycles. The Labute approximate surface area is 125 Å². The van der Waals surface area contributed by atoms with E-state index >= 15 is 0 Å². The van der Waals surface area contributed by atoms with Crippen molar-refractivity contribution in [2.75, 3.05) is 26.7 Å². The van der Waals surface area contributed by atoms with Gasteiger partial charge in [0, 0.05) is 12.3 Å². The summed E-state index contributed by atoms with van der Waals surface area (Å²) in [5, 5.41) is 0. The maximum atomic E-state index is 12.1. The maximum Gasteiger partial charge on any atom is 0.315 e. The van der Waals surface area contributed by atoms with Gasteiger partial charge in [-0.1, -0.05) is 30.3 Å². The molecule has 1 aliphatic rings. The number of nitrogens with one attached hydrogen (secondary N) is 1.